The van der Waals surface area contributed by atoms with Crippen LogP contribution in [0.15, 0.2) is 63.9 Å². The number of benzene rings is 2. The average molecular weight is 559 g/mol. The summed E-state index contributed by atoms with van der Waals surface area (Å²) in [4.78, 5) is 11.9. The third-order valence-corrected chi connectivity index (χ3v) is 7.05. The van der Waals surface area contributed by atoms with Gasteiger partial charge < -0.3 is 9.15 Å². The maximum Gasteiger partial charge on any atom is 0.417 e. The minimum absolute atomic E-state index is 0.00235. The monoisotopic (exact) mass is 558 g/mol. The standard InChI is InChI=1S/C28H28F6O3S/c1-4-5-6-7-18-8-11-22(23(12-18)28(32,33)34)25-13-19-9-10-21(14-24(19)37-25)38-16-20(27(29,30)31)15-36-26(35)17(2)3/h8-14,20H,2,4-7,15-16H2,1,3H3. The first-order chi connectivity index (χ1) is 17.8. The molecule has 0 aliphatic rings. The highest BCUT2D eigenvalue weighted by Gasteiger charge is 2.40. The van der Waals surface area contributed by atoms with Crippen LogP contribution in [0.5, 0.6) is 0 Å². The fourth-order valence-electron chi connectivity index (χ4n) is 3.74. The Morgan fingerprint density at radius 3 is 2.42 bits per heavy atom. The van der Waals surface area contributed by atoms with Crippen LogP contribution in [-0.4, -0.2) is 24.5 Å². The predicted molar refractivity (Wildman–Crippen MR) is 136 cm³/mol. The summed E-state index contributed by atoms with van der Waals surface area (Å²) >= 11 is 0.880. The third kappa shape index (κ3) is 7.82. The quantitative estimate of drug-likeness (QED) is 0.0773. The molecule has 1 unspecified atom stereocenters. The van der Waals surface area contributed by atoms with E-state index < -0.39 is 42.2 Å². The fraction of sp³-hybridized carbons (Fsp3) is 0.393. The van der Waals surface area contributed by atoms with Gasteiger partial charge in [-0.3, -0.25) is 0 Å². The van der Waals surface area contributed by atoms with E-state index in [-0.39, 0.29) is 22.5 Å². The summed E-state index contributed by atoms with van der Waals surface area (Å²) in [6.07, 6.45) is -5.95. The summed E-state index contributed by atoms with van der Waals surface area (Å²) < 4.78 is 92.4. The lowest BCUT2D eigenvalue weighted by atomic mass is 9.98. The Labute approximate surface area is 221 Å². The van der Waals surface area contributed by atoms with Gasteiger partial charge in [0.1, 0.15) is 18.0 Å². The van der Waals surface area contributed by atoms with Crippen molar-refractivity contribution in [3.05, 3.63) is 65.7 Å². The number of hydrogen-bond donors (Lipinski definition) is 0. The second kappa shape index (κ2) is 12.3. The van der Waals surface area contributed by atoms with Crippen molar-refractivity contribution in [3.63, 3.8) is 0 Å². The topological polar surface area (TPSA) is 39.4 Å². The molecule has 0 aliphatic carbocycles. The average Bonchev–Trinajstić information content (AvgIpc) is 3.25. The zero-order valence-corrected chi connectivity index (χ0v) is 21.8. The van der Waals surface area contributed by atoms with Crippen LogP contribution in [-0.2, 0) is 22.1 Å². The third-order valence-electron chi connectivity index (χ3n) is 5.89. The molecule has 0 radical (unpaired) electrons. The van der Waals surface area contributed by atoms with Crippen LogP contribution in [0.2, 0.25) is 0 Å². The van der Waals surface area contributed by atoms with Gasteiger partial charge in [-0.1, -0.05) is 38.5 Å². The molecule has 0 N–H and O–H groups in total. The molecular formula is C28H28F6O3S. The zero-order chi connectivity index (χ0) is 28.1. The number of aryl methyl sites for hydroxylation is 1. The van der Waals surface area contributed by atoms with Crippen LogP contribution in [0.3, 0.4) is 0 Å². The molecule has 0 amide bonds. The van der Waals surface area contributed by atoms with E-state index in [1.807, 2.05) is 6.92 Å². The number of hydrogen-bond acceptors (Lipinski definition) is 4. The Morgan fingerprint density at radius 1 is 1.05 bits per heavy atom. The number of thioether (sulfide) groups is 1. The highest BCUT2D eigenvalue weighted by molar-refractivity contribution is 7.99. The van der Waals surface area contributed by atoms with Crippen molar-refractivity contribution in [2.24, 2.45) is 5.92 Å². The number of alkyl halides is 6. The van der Waals surface area contributed by atoms with Gasteiger partial charge in [0.15, 0.2) is 0 Å². The molecule has 0 aliphatic heterocycles. The molecule has 1 aromatic heterocycles. The van der Waals surface area contributed by atoms with Gasteiger partial charge in [-0.15, -0.1) is 11.8 Å². The SMILES string of the molecule is C=C(C)C(=O)OCC(CSc1ccc2cc(-c3ccc(CCCCC)cc3C(F)(F)F)oc2c1)C(F)(F)F. The van der Waals surface area contributed by atoms with E-state index in [0.29, 0.717) is 22.3 Å². The molecule has 0 spiro atoms. The van der Waals surface area contributed by atoms with Gasteiger partial charge in [-0.2, -0.15) is 26.3 Å². The molecule has 2 aromatic carbocycles. The molecule has 0 saturated carbocycles. The normalized spacial score (nSPS) is 13.1. The summed E-state index contributed by atoms with van der Waals surface area (Å²) in [6, 6.07) is 10.3. The lowest BCUT2D eigenvalue weighted by Crippen LogP contribution is -2.30. The molecule has 0 saturated heterocycles. The molecule has 0 bridgehead atoms. The second-order valence-electron chi connectivity index (χ2n) is 9.07. The summed E-state index contributed by atoms with van der Waals surface area (Å²) in [5, 5.41) is 0.521. The largest absolute Gasteiger partial charge is 0.462 e. The number of furan rings is 1. The molecule has 1 atom stereocenters. The van der Waals surface area contributed by atoms with E-state index in [4.69, 9.17) is 9.15 Å². The van der Waals surface area contributed by atoms with E-state index in [1.54, 1.807) is 18.2 Å². The number of unbranched alkanes of at least 4 members (excludes halogenated alkanes) is 2. The molecule has 3 aromatic rings. The number of halogens is 6. The van der Waals surface area contributed by atoms with Crippen molar-refractivity contribution in [1.82, 2.24) is 0 Å². The van der Waals surface area contributed by atoms with E-state index in [1.165, 1.54) is 25.1 Å². The number of fused-ring (bicyclic) bond motifs is 1. The smallest absolute Gasteiger partial charge is 0.417 e. The zero-order valence-electron chi connectivity index (χ0n) is 21.0. The van der Waals surface area contributed by atoms with Crippen LogP contribution in [0.25, 0.3) is 22.3 Å². The van der Waals surface area contributed by atoms with Crippen molar-refractivity contribution in [1.29, 1.82) is 0 Å². The number of ether oxygens (including phenoxy) is 1. The first-order valence-corrected chi connectivity index (χ1v) is 13.0. The van der Waals surface area contributed by atoms with Gasteiger partial charge >= 0.3 is 18.3 Å². The van der Waals surface area contributed by atoms with Crippen molar-refractivity contribution < 1.29 is 40.3 Å². The van der Waals surface area contributed by atoms with Gasteiger partial charge in [0.25, 0.3) is 0 Å². The van der Waals surface area contributed by atoms with E-state index in [0.717, 1.165) is 37.1 Å². The first kappa shape index (κ1) is 29.7. The summed E-state index contributed by atoms with van der Waals surface area (Å²) in [5.41, 5.74) is -0.0477. The second-order valence-corrected chi connectivity index (χ2v) is 10.2. The first-order valence-electron chi connectivity index (χ1n) is 12.1. The molecule has 10 heteroatoms. The molecule has 0 fully saturated rings. The number of carbonyl (C=O) groups is 1. The lowest BCUT2D eigenvalue weighted by Gasteiger charge is -2.19. The summed E-state index contributed by atoms with van der Waals surface area (Å²) in [6.45, 7) is 5.86. The molecule has 3 nitrogen and oxygen atoms in total. The minimum Gasteiger partial charge on any atom is -0.462 e. The highest BCUT2D eigenvalue weighted by Crippen LogP contribution is 2.40. The van der Waals surface area contributed by atoms with Gasteiger partial charge in [0.2, 0.25) is 0 Å². The van der Waals surface area contributed by atoms with Gasteiger partial charge in [-0.05, 0) is 55.7 Å². The van der Waals surface area contributed by atoms with Crippen LogP contribution in [0.1, 0.15) is 44.2 Å². The Kier molecular flexibility index (Phi) is 9.62. The maximum atomic E-state index is 13.9. The minimum atomic E-state index is -4.60. The number of rotatable bonds is 11. The van der Waals surface area contributed by atoms with Crippen molar-refractivity contribution >= 4 is 28.7 Å². The molecular weight excluding hydrogens is 530 g/mol. The highest BCUT2D eigenvalue weighted by atomic mass is 32.2. The number of carbonyl (C=O) groups excluding carboxylic acids is 1. The molecule has 206 valence electrons. The Balaban J connectivity index is 1.82. The van der Waals surface area contributed by atoms with Gasteiger partial charge in [0.05, 0.1) is 11.5 Å². The van der Waals surface area contributed by atoms with Crippen molar-refractivity contribution in [2.45, 2.75) is 56.8 Å². The van der Waals surface area contributed by atoms with Crippen LogP contribution >= 0.6 is 11.8 Å². The van der Waals surface area contributed by atoms with E-state index in [9.17, 15) is 31.1 Å². The Bertz CT molecular complexity index is 1280. The maximum absolute atomic E-state index is 13.9. The Morgan fingerprint density at radius 2 is 1.79 bits per heavy atom. The van der Waals surface area contributed by atoms with Crippen molar-refractivity contribution in [3.8, 4) is 11.3 Å². The van der Waals surface area contributed by atoms with E-state index in [2.05, 4.69) is 6.58 Å². The lowest BCUT2D eigenvalue weighted by molar-refractivity contribution is -0.183. The van der Waals surface area contributed by atoms with Crippen molar-refractivity contribution in [2.75, 3.05) is 12.4 Å². The molecule has 3 rings (SSSR count). The van der Waals surface area contributed by atoms with Crippen LogP contribution < -0.4 is 0 Å². The predicted octanol–water partition coefficient (Wildman–Crippen LogP) is 9.24. The number of esters is 1. The van der Waals surface area contributed by atoms with Gasteiger partial charge in [-0.25, -0.2) is 4.79 Å². The van der Waals surface area contributed by atoms with E-state index >= 15 is 0 Å². The summed E-state index contributed by atoms with van der Waals surface area (Å²) in [7, 11) is 0. The fourth-order valence-corrected chi connectivity index (χ4v) is 4.78. The van der Waals surface area contributed by atoms with Crippen LogP contribution in [0, 0.1) is 5.92 Å². The van der Waals surface area contributed by atoms with Crippen LogP contribution in [0.4, 0.5) is 26.3 Å². The van der Waals surface area contributed by atoms with Gasteiger partial charge in [0, 0.05) is 27.2 Å². The molecule has 38 heavy (non-hydrogen) atoms. The molecule has 1 heterocycles. The summed E-state index contributed by atoms with van der Waals surface area (Å²) in [5.74, 6) is -3.22. The Hall–Kier alpha value is -2.88.